The van der Waals surface area contributed by atoms with Crippen molar-refractivity contribution in [3.63, 3.8) is 0 Å². The SMILES string of the molecule is COCc1cccc(NC(=O)c2cnn(Cc3ccccc3Cl)c2)c1. The van der Waals surface area contributed by atoms with Crippen molar-refractivity contribution in [1.29, 1.82) is 0 Å². The summed E-state index contributed by atoms with van der Waals surface area (Å²) in [6, 6.07) is 15.1. The molecule has 0 aliphatic rings. The average Bonchev–Trinajstić information content (AvgIpc) is 3.06. The number of amides is 1. The number of ether oxygens (including phenoxy) is 1. The highest BCUT2D eigenvalue weighted by atomic mass is 35.5. The maximum absolute atomic E-state index is 12.4. The summed E-state index contributed by atoms with van der Waals surface area (Å²) in [7, 11) is 1.64. The largest absolute Gasteiger partial charge is 0.380 e. The van der Waals surface area contributed by atoms with E-state index in [1.807, 2.05) is 48.5 Å². The number of nitrogens with zero attached hydrogens (tertiary/aromatic N) is 2. The van der Waals surface area contributed by atoms with Crippen LogP contribution in [0.4, 0.5) is 5.69 Å². The van der Waals surface area contributed by atoms with Gasteiger partial charge in [-0.2, -0.15) is 5.10 Å². The molecular formula is C19H18ClN3O2. The van der Waals surface area contributed by atoms with E-state index in [-0.39, 0.29) is 5.91 Å². The third kappa shape index (κ3) is 4.47. The molecule has 3 aromatic rings. The lowest BCUT2D eigenvalue weighted by Gasteiger charge is -2.06. The first kappa shape index (κ1) is 17.2. The van der Waals surface area contributed by atoms with Gasteiger partial charge in [-0.1, -0.05) is 41.9 Å². The van der Waals surface area contributed by atoms with Crippen LogP contribution in [0.3, 0.4) is 0 Å². The van der Waals surface area contributed by atoms with Crippen LogP contribution < -0.4 is 5.32 Å². The Bertz CT molecular complexity index is 876. The summed E-state index contributed by atoms with van der Waals surface area (Å²) >= 11 is 6.16. The van der Waals surface area contributed by atoms with Gasteiger partial charge < -0.3 is 10.1 Å². The summed E-state index contributed by atoms with van der Waals surface area (Å²) in [6.45, 7) is 1.01. The molecular weight excluding hydrogens is 338 g/mol. The standard InChI is InChI=1S/C19H18ClN3O2/c1-25-13-14-5-4-7-17(9-14)22-19(24)16-10-21-23(12-16)11-15-6-2-3-8-18(15)20/h2-10,12H,11,13H2,1H3,(H,22,24). The van der Waals surface area contributed by atoms with Crippen molar-refractivity contribution in [2.24, 2.45) is 0 Å². The molecule has 0 radical (unpaired) electrons. The Balaban J connectivity index is 1.68. The third-order valence-electron chi connectivity index (χ3n) is 3.68. The summed E-state index contributed by atoms with van der Waals surface area (Å²) in [5.41, 5.74) is 3.16. The lowest BCUT2D eigenvalue weighted by Crippen LogP contribution is -2.11. The number of benzene rings is 2. The third-order valence-corrected chi connectivity index (χ3v) is 4.05. The molecule has 6 heteroatoms. The van der Waals surface area contributed by atoms with Gasteiger partial charge in [0.05, 0.1) is 24.9 Å². The summed E-state index contributed by atoms with van der Waals surface area (Å²) < 4.78 is 6.80. The second kappa shape index (κ2) is 7.96. The molecule has 0 unspecified atom stereocenters. The number of anilines is 1. The van der Waals surface area contributed by atoms with Crippen LogP contribution in [0.15, 0.2) is 60.9 Å². The van der Waals surface area contributed by atoms with Gasteiger partial charge in [0.25, 0.3) is 5.91 Å². The highest BCUT2D eigenvalue weighted by Gasteiger charge is 2.10. The first-order chi connectivity index (χ1) is 12.2. The van der Waals surface area contributed by atoms with E-state index >= 15 is 0 Å². The predicted molar refractivity (Wildman–Crippen MR) is 97.9 cm³/mol. The van der Waals surface area contributed by atoms with E-state index in [0.29, 0.717) is 23.7 Å². The van der Waals surface area contributed by atoms with Crippen molar-refractivity contribution in [2.45, 2.75) is 13.2 Å². The molecule has 128 valence electrons. The van der Waals surface area contributed by atoms with Gasteiger partial charge in [-0.05, 0) is 29.3 Å². The Hall–Kier alpha value is -2.63. The maximum atomic E-state index is 12.4. The van der Waals surface area contributed by atoms with Crippen LogP contribution in [-0.4, -0.2) is 22.8 Å². The quantitative estimate of drug-likeness (QED) is 0.727. The highest BCUT2D eigenvalue weighted by Crippen LogP contribution is 2.17. The van der Waals surface area contributed by atoms with Gasteiger partial charge >= 0.3 is 0 Å². The van der Waals surface area contributed by atoms with Crippen molar-refractivity contribution in [1.82, 2.24) is 9.78 Å². The monoisotopic (exact) mass is 355 g/mol. The Kier molecular flexibility index (Phi) is 5.48. The van der Waals surface area contributed by atoms with Crippen LogP contribution in [0, 0.1) is 0 Å². The van der Waals surface area contributed by atoms with Gasteiger partial charge in [0.1, 0.15) is 0 Å². The Labute approximate surface area is 151 Å². The zero-order chi connectivity index (χ0) is 17.6. The van der Waals surface area contributed by atoms with Gasteiger partial charge in [-0.25, -0.2) is 0 Å². The fourth-order valence-corrected chi connectivity index (χ4v) is 2.67. The fourth-order valence-electron chi connectivity index (χ4n) is 2.48. The van der Waals surface area contributed by atoms with Gasteiger partial charge in [-0.3, -0.25) is 9.48 Å². The number of rotatable bonds is 6. The fraction of sp³-hybridized carbons (Fsp3) is 0.158. The number of carbonyl (C=O) groups is 1. The first-order valence-electron chi connectivity index (χ1n) is 7.81. The summed E-state index contributed by atoms with van der Waals surface area (Å²) in [5.74, 6) is -0.208. The van der Waals surface area contributed by atoms with E-state index in [4.69, 9.17) is 16.3 Å². The molecule has 25 heavy (non-hydrogen) atoms. The number of nitrogens with one attached hydrogen (secondary N) is 1. The first-order valence-corrected chi connectivity index (χ1v) is 8.18. The zero-order valence-electron chi connectivity index (χ0n) is 13.8. The van der Waals surface area contributed by atoms with Gasteiger partial charge in [0.15, 0.2) is 0 Å². The molecule has 1 aromatic heterocycles. The average molecular weight is 356 g/mol. The van der Waals surface area contributed by atoms with Crippen molar-refractivity contribution < 1.29 is 9.53 Å². The van der Waals surface area contributed by atoms with E-state index in [2.05, 4.69) is 10.4 Å². The van der Waals surface area contributed by atoms with E-state index in [0.717, 1.165) is 16.8 Å². The van der Waals surface area contributed by atoms with Gasteiger partial charge in [-0.15, -0.1) is 0 Å². The molecule has 1 amide bonds. The lowest BCUT2D eigenvalue weighted by atomic mass is 10.2. The smallest absolute Gasteiger partial charge is 0.258 e. The molecule has 0 aliphatic carbocycles. The Morgan fingerprint density at radius 3 is 2.88 bits per heavy atom. The number of methoxy groups -OCH3 is 1. The zero-order valence-corrected chi connectivity index (χ0v) is 14.5. The molecule has 0 saturated heterocycles. The molecule has 0 aliphatic heterocycles. The number of carbonyl (C=O) groups excluding carboxylic acids is 1. The molecule has 1 N–H and O–H groups in total. The summed E-state index contributed by atoms with van der Waals surface area (Å²) in [5, 5.41) is 7.79. The number of aromatic nitrogens is 2. The number of hydrogen-bond acceptors (Lipinski definition) is 3. The van der Waals surface area contributed by atoms with Crippen molar-refractivity contribution in [3.8, 4) is 0 Å². The van der Waals surface area contributed by atoms with Crippen LogP contribution in [0.2, 0.25) is 5.02 Å². The van der Waals surface area contributed by atoms with Gasteiger partial charge in [0.2, 0.25) is 0 Å². The van der Waals surface area contributed by atoms with Crippen molar-refractivity contribution >= 4 is 23.2 Å². The second-order valence-electron chi connectivity index (χ2n) is 5.61. The second-order valence-corrected chi connectivity index (χ2v) is 6.01. The van der Waals surface area contributed by atoms with E-state index in [9.17, 15) is 4.79 Å². The molecule has 5 nitrogen and oxygen atoms in total. The molecule has 0 spiro atoms. The van der Waals surface area contributed by atoms with Crippen LogP contribution in [0.1, 0.15) is 21.5 Å². The maximum Gasteiger partial charge on any atom is 0.258 e. The normalized spacial score (nSPS) is 10.6. The number of hydrogen-bond donors (Lipinski definition) is 1. The van der Waals surface area contributed by atoms with E-state index in [1.165, 1.54) is 0 Å². The highest BCUT2D eigenvalue weighted by molar-refractivity contribution is 6.31. The van der Waals surface area contributed by atoms with Crippen LogP contribution in [-0.2, 0) is 17.9 Å². The van der Waals surface area contributed by atoms with Gasteiger partial charge in [0, 0.05) is 24.0 Å². The minimum Gasteiger partial charge on any atom is -0.380 e. The molecule has 2 aromatic carbocycles. The Morgan fingerprint density at radius 2 is 2.08 bits per heavy atom. The predicted octanol–water partition coefficient (Wildman–Crippen LogP) is 3.98. The Morgan fingerprint density at radius 1 is 1.24 bits per heavy atom. The molecule has 0 bridgehead atoms. The van der Waals surface area contributed by atoms with Crippen LogP contribution >= 0.6 is 11.6 Å². The van der Waals surface area contributed by atoms with E-state index < -0.39 is 0 Å². The van der Waals surface area contributed by atoms with Crippen molar-refractivity contribution in [3.05, 3.63) is 82.6 Å². The molecule has 0 fully saturated rings. The van der Waals surface area contributed by atoms with Crippen LogP contribution in [0.5, 0.6) is 0 Å². The molecule has 0 atom stereocenters. The number of halogens is 1. The molecule has 3 rings (SSSR count). The molecule has 0 saturated carbocycles. The molecule has 1 heterocycles. The summed E-state index contributed by atoms with van der Waals surface area (Å²) in [6.07, 6.45) is 3.25. The summed E-state index contributed by atoms with van der Waals surface area (Å²) in [4.78, 5) is 12.4. The topological polar surface area (TPSA) is 56.1 Å². The lowest BCUT2D eigenvalue weighted by molar-refractivity contribution is 0.102. The minimum atomic E-state index is -0.208. The minimum absolute atomic E-state index is 0.208. The van der Waals surface area contributed by atoms with Crippen molar-refractivity contribution in [2.75, 3.05) is 12.4 Å². The van der Waals surface area contributed by atoms with Crippen LogP contribution in [0.25, 0.3) is 0 Å². The van der Waals surface area contributed by atoms with E-state index in [1.54, 1.807) is 24.2 Å².